The molecule has 136 valence electrons. The topological polar surface area (TPSA) is 54.9 Å². The molecule has 4 aromatic rings. The van der Waals surface area contributed by atoms with Crippen LogP contribution >= 0.6 is 34.0 Å². The molecule has 4 rings (SSSR count). The Bertz CT molecular complexity index is 1090. The van der Waals surface area contributed by atoms with Gasteiger partial charge < -0.3 is 0 Å². The van der Waals surface area contributed by atoms with Crippen LogP contribution in [-0.2, 0) is 6.42 Å². The molecule has 1 aromatic carbocycles. The summed E-state index contributed by atoms with van der Waals surface area (Å²) >= 11 is 4.12. The number of carbonyl (C=O) groups is 1. The molecular weight excluding hydrogens is 408 g/mol. The van der Waals surface area contributed by atoms with Crippen LogP contribution in [0.15, 0.2) is 48.1 Å². The monoisotopic (exact) mass is 419 g/mol. The molecular formula is C18H11F2N3OS3. The second-order valence-electron chi connectivity index (χ2n) is 5.51. The van der Waals surface area contributed by atoms with E-state index in [1.54, 1.807) is 17.5 Å². The minimum Gasteiger partial charge on any atom is -0.297 e. The summed E-state index contributed by atoms with van der Waals surface area (Å²) in [6, 6.07) is 7.37. The normalized spacial score (nSPS) is 10.9. The number of amides is 1. The number of rotatable bonds is 5. The maximum Gasteiger partial charge on any atom is 0.269 e. The summed E-state index contributed by atoms with van der Waals surface area (Å²) in [5.74, 6) is -1.50. The molecule has 0 aliphatic heterocycles. The third-order valence-electron chi connectivity index (χ3n) is 3.62. The zero-order valence-electron chi connectivity index (χ0n) is 13.6. The average Bonchev–Trinajstić information content (AvgIpc) is 3.37. The van der Waals surface area contributed by atoms with Gasteiger partial charge in [-0.15, -0.1) is 34.0 Å². The van der Waals surface area contributed by atoms with E-state index in [9.17, 15) is 13.6 Å². The standard InChI is InChI=1S/C18H11F2N3OS3/c19-11-4-3-10(13(20)7-11)6-12-8-22-18(26-12)23-16(24)15-9-21-17(27-15)14-2-1-5-25-14/h1-5,7-9H,6H2,(H,22,23,24). The highest BCUT2D eigenvalue weighted by atomic mass is 32.1. The highest BCUT2D eigenvalue weighted by Gasteiger charge is 2.15. The first-order valence-corrected chi connectivity index (χ1v) is 10.3. The van der Waals surface area contributed by atoms with Gasteiger partial charge in [0.25, 0.3) is 5.91 Å². The third-order valence-corrected chi connectivity index (χ3v) is 6.56. The summed E-state index contributed by atoms with van der Waals surface area (Å²) in [6.07, 6.45) is 3.40. The number of thiophene rings is 1. The molecule has 0 saturated carbocycles. The number of halogens is 2. The number of anilines is 1. The van der Waals surface area contributed by atoms with Crippen LogP contribution in [0.1, 0.15) is 20.1 Å². The van der Waals surface area contributed by atoms with Crippen molar-refractivity contribution in [2.24, 2.45) is 0 Å². The number of aromatic nitrogens is 2. The molecule has 0 unspecified atom stereocenters. The van der Waals surface area contributed by atoms with Crippen molar-refractivity contribution in [3.8, 4) is 9.88 Å². The van der Waals surface area contributed by atoms with Crippen LogP contribution in [0.2, 0.25) is 0 Å². The maximum atomic E-state index is 13.8. The number of nitrogens with zero attached hydrogens (tertiary/aromatic N) is 2. The molecule has 0 saturated heterocycles. The van der Waals surface area contributed by atoms with E-state index in [2.05, 4.69) is 15.3 Å². The molecule has 0 bridgehead atoms. The van der Waals surface area contributed by atoms with Crippen molar-refractivity contribution >= 4 is 45.0 Å². The predicted molar refractivity (Wildman–Crippen MR) is 105 cm³/mol. The molecule has 0 aliphatic carbocycles. The SMILES string of the molecule is O=C(Nc1ncc(Cc2ccc(F)cc2F)s1)c1cnc(-c2cccs2)s1. The van der Waals surface area contributed by atoms with Gasteiger partial charge in [0.1, 0.15) is 21.5 Å². The minimum atomic E-state index is -0.611. The van der Waals surface area contributed by atoms with Crippen LogP contribution in [-0.4, -0.2) is 15.9 Å². The average molecular weight is 420 g/mol. The Morgan fingerprint density at radius 2 is 2.00 bits per heavy atom. The van der Waals surface area contributed by atoms with Gasteiger partial charge >= 0.3 is 0 Å². The largest absolute Gasteiger partial charge is 0.297 e. The lowest BCUT2D eigenvalue weighted by Crippen LogP contribution is -2.09. The fourth-order valence-electron chi connectivity index (χ4n) is 2.35. The highest BCUT2D eigenvalue weighted by molar-refractivity contribution is 7.22. The first-order chi connectivity index (χ1) is 13.1. The Kier molecular flexibility index (Phi) is 5.06. The second-order valence-corrected chi connectivity index (χ2v) is 8.60. The van der Waals surface area contributed by atoms with Crippen LogP contribution in [0.4, 0.5) is 13.9 Å². The van der Waals surface area contributed by atoms with E-state index in [1.807, 2.05) is 17.5 Å². The molecule has 1 N–H and O–H groups in total. The fraction of sp³-hybridized carbons (Fsp3) is 0.0556. The smallest absolute Gasteiger partial charge is 0.269 e. The molecule has 3 heterocycles. The first kappa shape index (κ1) is 17.9. The van der Waals surface area contributed by atoms with Gasteiger partial charge in [-0.3, -0.25) is 10.1 Å². The summed E-state index contributed by atoms with van der Waals surface area (Å²) in [4.78, 5) is 23.1. The van der Waals surface area contributed by atoms with E-state index < -0.39 is 11.6 Å². The van der Waals surface area contributed by atoms with E-state index in [4.69, 9.17) is 0 Å². The van der Waals surface area contributed by atoms with Gasteiger partial charge in [-0.1, -0.05) is 12.1 Å². The van der Waals surface area contributed by atoms with Gasteiger partial charge in [0.2, 0.25) is 0 Å². The number of hydrogen-bond donors (Lipinski definition) is 1. The van der Waals surface area contributed by atoms with Crippen molar-refractivity contribution in [1.82, 2.24) is 9.97 Å². The Morgan fingerprint density at radius 1 is 1.11 bits per heavy atom. The Balaban J connectivity index is 1.44. The van der Waals surface area contributed by atoms with E-state index >= 15 is 0 Å². The maximum absolute atomic E-state index is 13.8. The summed E-state index contributed by atoms with van der Waals surface area (Å²) in [7, 11) is 0. The molecule has 4 nitrogen and oxygen atoms in total. The van der Waals surface area contributed by atoms with Gasteiger partial charge in [-0.05, 0) is 23.1 Å². The van der Waals surface area contributed by atoms with Crippen molar-refractivity contribution in [2.75, 3.05) is 5.32 Å². The van der Waals surface area contributed by atoms with Gasteiger partial charge in [-0.2, -0.15) is 0 Å². The number of benzene rings is 1. The van der Waals surface area contributed by atoms with Crippen LogP contribution in [0.25, 0.3) is 9.88 Å². The zero-order valence-corrected chi connectivity index (χ0v) is 16.1. The van der Waals surface area contributed by atoms with Crippen LogP contribution in [0.3, 0.4) is 0 Å². The summed E-state index contributed by atoms with van der Waals surface area (Å²) in [5, 5.41) is 5.90. The summed E-state index contributed by atoms with van der Waals surface area (Å²) in [5.41, 5.74) is 0.376. The molecule has 27 heavy (non-hydrogen) atoms. The van der Waals surface area contributed by atoms with Crippen molar-refractivity contribution in [1.29, 1.82) is 0 Å². The Hall–Kier alpha value is -2.49. The van der Waals surface area contributed by atoms with Crippen LogP contribution in [0, 0.1) is 11.6 Å². The number of hydrogen-bond acceptors (Lipinski definition) is 6. The quantitative estimate of drug-likeness (QED) is 0.468. The molecule has 0 radical (unpaired) electrons. The lowest BCUT2D eigenvalue weighted by molar-refractivity contribution is 0.103. The number of nitrogens with one attached hydrogen (secondary N) is 1. The van der Waals surface area contributed by atoms with Gasteiger partial charge in [0.05, 0.1) is 11.1 Å². The number of thiazole rings is 2. The highest BCUT2D eigenvalue weighted by Crippen LogP contribution is 2.30. The Morgan fingerprint density at radius 3 is 2.78 bits per heavy atom. The van der Waals surface area contributed by atoms with Crippen LogP contribution in [0.5, 0.6) is 0 Å². The molecule has 1 amide bonds. The van der Waals surface area contributed by atoms with E-state index in [-0.39, 0.29) is 12.3 Å². The first-order valence-electron chi connectivity index (χ1n) is 7.78. The Labute approximate surface area is 165 Å². The molecule has 0 fully saturated rings. The fourth-order valence-corrected chi connectivity index (χ4v) is 4.80. The zero-order chi connectivity index (χ0) is 18.8. The summed E-state index contributed by atoms with van der Waals surface area (Å²) in [6.45, 7) is 0. The molecule has 0 spiro atoms. The lowest BCUT2D eigenvalue weighted by Gasteiger charge is -2.00. The van der Waals surface area contributed by atoms with Gasteiger partial charge in [0.15, 0.2) is 5.13 Å². The predicted octanol–water partition coefficient (Wildman–Crippen LogP) is 5.45. The van der Waals surface area contributed by atoms with Crippen molar-refractivity contribution in [2.45, 2.75) is 6.42 Å². The van der Waals surface area contributed by atoms with Crippen molar-refractivity contribution in [3.05, 3.63) is 75.1 Å². The third kappa shape index (κ3) is 4.10. The number of carbonyl (C=O) groups excluding carboxylic acids is 1. The van der Waals surface area contributed by atoms with E-state index in [1.165, 1.54) is 41.0 Å². The van der Waals surface area contributed by atoms with Gasteiger partial charge in [-0.25, -0.2) is 18.7 Å². The molecule has 0 atom stereocenters. The van der Waals surface area contributed by atoms with Crippen molar-refractivity contribution < 1.29 is 13.6 Å². The lowest BCUT2D eigenvalue weighted by atomic mass is 10.1. The molecule has 0 aliphatic rings. The second kappa shape index (κ2) is 7.63. The van der Waals surface area contributed by atoms with Crippen molar-refractivity contribution in [3.63, 3.8) is 0 Å². The van der Waals surface area contributed by atoms with E-state index in [0.29, 0.717) is 15.6 Å². The van der Waals surface area contributed by atoms with Crippen LogP contribution < -0.4 is 5.32 Å². The van der Waals surface area contributed by atoms with Gasteiger partial charge in [0, 0.05) is 23.6 Å². The molecule has 3 aromatic heterocycles. The molecule has 9 heteroatoms. The minimum absolute atomic E-state index is 0.280. The summed E-state index contributed by atoms with van der Waals surface area (Å²) < 4.78 is 26.7. The van der Waals surface area contributed by atoms with E-state index in [0.717, 1.165) is 20.8 Å².